The SMILES string of the molecule is COc1ccc(COc2ccc(C(=O)N3CC[C@@H](c4ncc(C(=O)NC[C@H]5NC(=O)[C@H]5NC(=O)/C(=N\OC(C)(C)C(=O)OC(C)(C)C)c5csc(NC(=O)OC(C)(C)C)n5)s4)C3)c(Cl)c2OCc2ccc(OC)cc2)cc1. The van der Waals surface area contributed by atoms with Crippen LogP contribution in [-0.2, 0) is 41.9 Å². The van der Waals surface area contributed by atoms with E-state index in [0.29, 0.717) is 46.6 Å². The molecule has 2 fully saturated rings. The summed E-state index contributed by atoms with van der Waals surface area (Å²) in [5.41, 5.74) is -1.85. The number of ether oxygens (including phenoxy) is 6. The van der Waals surface area contributed by atoms with E-state index in [2.05, 4.69) is 36.4 Å². The number of benzene rings is 3. The summed E-state index contributed by atoms with van der Waals surface area (Å²) >= 11 is 9.16. The average molecular weight is 1120 g/mol. The fraction of sp³-hybridized carbons (Fsp3) is 0.415. The van der Waals surface area contributed by atoms with Crippen LogP contribution in [0.2, 0.25) is 5.02 Å². The van der Waals surface area contributed by atoms with Gasteiger partial charge in [-0.2, -0.15) is 0 Å². The molecule has 5 amide bonds. The summed E-state index contributed by atoms with van der Waals surface area (Å²) in [6, 6.07) is 16.2. The van der Waals surface area contributed by atoms with Crippen LogP contribution in [0.1, 0.15) is 110 Å². The van der Waals surface area contributed by atoms with Gasteiger partial charge in [0, 0.05) is 30.9 Å². The molecule has 4 heterocycles. The summed E-state index contributed by atoms with van der Waals surface area (Å²) in [6.07, 6.45) is 1.24. The van der Waals surface area contributed by atoms with E-state index in [1.165, 1.54) is 36.8 Å². The first kappa shape index (κ1) is 57.2. The van der Waals surface area contributed by atoms with Gasteiger partial charge in [0.25, 0.3) is 17.7 Å². The Morgan fingerprint density at radius 1 is 0.857 bits per heavy atom. The van der Waals surface area contributed by atoms with Crippen molar-refractivity contribution in [3.05, 3.63) is 110 Å². The molecule has 24 heteroatoms. The lowest BCUT2D eigenvalue weighted by Crippen LogP contribution is -2.72. The van der Waals surface area contributed by atoms with Crippen molar-refractivity contribution in [3.63, 3.8) is 0 Å². The Kier molecular flexibility index (Phi) is 18.0. The number of carbonyl (C=O) groups excluding carboxylic acids is 6. The van der Waals surface area contributed by atoms with Gasteiger partial charge in [0.15, 0.2) is 22.3 Å². The number of thiazole rings is 2. The second-order valence-corrected chi connectivity index (χ2v) is 22.6. The monoisotopic (exact) mass is 1120 g/mol. The smallest absolute Gasteiger partial charge is 0.413 e. The standard InChI is InChI=1S/C53H61ClN8O13S2/c1-51(2,3)73-48(67)53(7,8)75-61-41(36-28-76-49(58-36)60-50(68)74-52(4,5)6)45(65)59-40-35(57-44(40)64)23-55-43(63)38-24-56-46(77-38)31-21-22-62(25-31)47(66)34-19-20-37(71-26-29-11-15-32(69-9)16-12-29)42(39(34)54)72-27-30-13-17-33(70-10)18-14-30/h11-20,24,28,31,35,40H,21-23,25-27H2,1-10H3,(H,55,63)(H,57,64)(H,59,65)(H,58,60,68)/b61-41-/t31-,35-,40+/m1/s1. The van der Waals surface area contributed by atoms with E-state index >= 15 is 0 Å². The zero-order valence-corrected chi connectivity index (χ0v) is 46.6. The number of amides is 5. The highest BCUT2D eigenvalue weighted by atomic mass is 35.5. The first-order valence-electron chi connectivity index (χ1n) is 24.3. The Morgan fingerprint density at radius 2 is 1.49 bits per heavy atom. The molecular weight excluding hydrogens is 1060 g/mol. The Hall–Kier alpha value is -7.50. The van der Waals surface area contributed by atoms with E-state index < -0.39 is 64.4 Å². The van der Waals surface area contributed by atoms with Gasteiger partial charge in [0.2, 0.25) is 11.5 Å². The van der Waals surface area contributed by atoms with Gasteiger partial charge in [-0.3, -0.25) is 24.5 Å². The molecule has 3 atom stereocenters. The number of nitrogens with one attached hydrogen (secondary N) is 4. The fourth-order valence-electron chi connectivity index (χ4n) is 7.52. The summed E-state index contributed by atoms with van der Waals surface area (Å²) in [4.78, 5) is 96.3. The Morgan fingerprint density at radius 3 is 2.10 bits per heavy atom. The van der Waals surface area contributed by atoms with Crippen LogP contribution in [0.3, 0.4) is 0 Å². The third kappa shape index (κ3) is 15.1. The highest BCUT2D eigenvalue weighted by Crippen LogP contribution is 2.41. The fourth-order valence-corrected chi connectivity index (χ4v) is 9.45. The van der Waals surface area contributed by atoms with Crippen molar-refractivity contribution >= 4 is 80.8 Å². The number of esters is 1. The van der Waals surface area contributed by atoms with Gasteiger partial charge in [-0.15, -0.1) is 22.7 Å². The number of aromatic nitrogens is 2. The Balaban J connectivity index is 0.976. The van der Waals surface area contributed by atoms with Crippen LogP contribution in [-0.4, -0.2) is 119 Å². The Labute approximate surface area is 458 Å². The van der Waals surface area contributed by atoms with Crippen molar-refractivity contribution in [2.75, 3.05) is 39.2 Å². The number of methoxy groups -OCH3 is 2. The molecule has 0 radical (unpaired) electrons. The van der Waals surface area contributed by atoms with E-state index in [-0.39, 0.29) is 58.7 Å². The van der Waals surface area contributed by atoms with Crippen LogP contribution >= 0.6 is 34.3 Å². The first-order chi connectivity index (χ1) is 36.4. The molecule has 2 aliphatic rings. The number of oxime groups is 1. The van der Waals surface area contributed by atoms with Crippen molar-refractivity contribution in [2.24, 2.45) is 5.16 Å². The quantitative estimate of drug-likeness (QED) is 0.0253. The lowest BCUT2D eigenvalue weighted by atomic mass is 9.98. The van der Waals surface area contributed by atoms with E-state index in [0.717, 1.165) is 22.5 Å². The van der Waals surface area contributed by atoms with Crippen LogP contribution in [0, 0.1) is 0 Å². The molecule has 4 N–H and O–H groups in total. The maximum Gasteiger partial charge on any atom is 0.413 e. The van der Waals surface area contributed by atoms with Crippen LogP contribution < -0.4 is 40.2 Å². The second-order valence-electron chi connectivity index (χ2n) is 20.3. The molecule has 410 valence electrons. The molecule has 7 rings (SSSR count). The van der Waals surface area contributed by atoms with Crippen LogP contribution in [0.15, 0.2) is 77.4 Å². The maximum absolute atomic E-state index is 14.2. The zero-order chi connectivity index (χ0) is 55.8. The number of hydrogen-bond acceptors (Lipinski definition) is 18. The third-order valence-corrected chi connectivity index (χ3v) is 13.9. The van der Waals surface area contributed by atoms with E-state index in [1.54, 1.807) is 72.8 Å². The topological polar surface area (TPSA) is 257 Å². The summed E-state index contributed by atoms with van der Waals surface area (Å²) < 4.78 is 33.8. The minimum absolute atomic E-state index is 0.0515. The molecule has 0 aliphatic carbocycles. The molecule has 0 bridgehead atoms. The lowest BCUT2D eigenvalue weighted by Gasteiger charge is -2.37. The van der Waals surface area contributed by atoms with Crippen molar-refractivity contribution in [1.82, 2.24) is 30.8 Å². The minimum Gasteiger partial charge on any atom is -0.497 e. The predicted octanol–water partition coefficient (Wildman–Crippen LogP) is 7.66. The van der Waals surface area contributed by atoms with Crippen LogP contribution in [0.25, 0.3) is 0 Å². The number of anilines is 1. The van der Waals surface area contributed by atoms with Crippen molar-refractivity contribution in [3.8, 4) is 23.0 Å². The molecular formula is C53H61ClN8O13S2. The molecule has 0 saturated carbocycles. The highest BCUT2D eigenvalue weighted by molar-refractivity contribution is 7.14. The first-order valence-corrected chi connectivity index (χ1v) is 26.4. The lowest BCUT2D eigenvalue weighted by molar-refractivity contribution is -0.179. The van der Waals surface area contributed by atoms with E-state index in [1.807, 2.05) is 48.5 Å². The number of rotatable bonds is 20. The van der Waals surface area contributed by atoms with Gasteiger partial charge in [0.05, 0.1) is 42.1 Å². The molecule has 21 nitrogen and oxygen atoms in total. The van der Waals surface area contributed by atoms with Gasteiger partial charge in [-0.05, 0) is 109 Å². The van der Waals surface area contributed by atoms with Crippen molar-refractivity contribution in [2.45, 2.75) is 110 Å². The van der Waals surface area contributed by atoms with Gasteiger partial charge >= 0.3 is 12.1 Å². The third-order valence-electron chi connectivity index (χ3n) is 11.6. The summed E-state index contributed by atoms with van der Waals surface area (Å²) in [7, 11) is 3.18. The zero-order valence-electron chi connectivity index (χ0n) is 44.2. The number of hydrogen-bond donors (Lipinski definition) is 4. The van der Waals surface area contributed by atoms with Gasteiger partial charge in [-0.1, -0.05) is 41.0 Å². The molecule has 0 spiro atoms. The molecule has 5 aromatic rings. The average Bonchev–Trinajstić information content (AvgIpc) is 4.18. The summed E-state index contributed by atoms with van der Waals surface area (Å²) in [5.74, 6) is -1.19. The van der Waals surface area contributed by atoms with Gasteiger partial charge in [-0.25, -0.2) is 19.6 Å². The number of likely N-dealkylation sites (tertiary alicyclic amines) is 1. The van der Waals surface area contributed by atoms with Gasteiger partial charge < -0.3 is 54.1 Å². The van der Waals surface area contributed by atoms with Crippen LogP contribution in [0.5, 0.6) is 23.0 Å². The predicted molar refractivity (Wildman–Crippen MR) is 287 cm³/mol. The largest absolute Gasteiger partial charge is 0.497 e. The maximum atomic E-state index is 14.2. The number of nitrogens with zero attached hydrogens (tertiary/aromatic N) is 4. The Bertz CT molecular complexity index is 3000. The number of β-lactam (4-membered cyclic amide) rings is 1. The molecule has 2 saturated heterocycles. The van der Waals surface area contributed by atoms with Crippen molar-refractivity contribution in [1.29, 1.82) is 0 Å². The molecule has 2 aromatic heterocycles. The minimum atomic E-state index is -1.67. The number of halogens is 1. The highest BCUT2D eigenvalue weighted by Gasteiger charge is 2.42. The normalized spacial score (nSPS) is 16.6. The van der Waals surface area contributed by atoms with Gasteiger partial charge in [0.1, 0.15) is 52.5 Å². The van der Waals surface area contributed by atoms with Crippen LogP contribution in [0.4, 0.5) is 9.93 Å². The molecule has 3 aromatic carbocycles. The van der Waals surface area contributed by atoms with E-state index in [9.17, 15) is 28.8 Å². The number of carbonyl (C=O) groups is 6. The second kappa shape index (κ2) is 24.2. The molecule has 0 unspecified atom stereocenters. The molecule has 2 aliphatic heterocycles. The van der Waals surface area contributed by atoms with Crippen molar-refractivity contribution < 1.29 is 62.0 Å². The molecule has 77 heavy (non-hydrogen) atoms. The van der Waals surface area contributed by atoms with E-state index in [4.69, 9.17) is 44.9 Å². The summed E-state index contributed by atoms with van der Waals surface area (Å²) in [5, 5.41) is 16.9. The summed E-state index contributed by atoms with van der Waals surface area (Å²) in [6.45, 7) is 13.9.